The van der Waals surface area contributed by atoms with Gasteiger partial charge < -0.3 is 10.6 Å². The van der Waals surface area contributed by atoms with Crippen LogP contribution in [-0.2, 0) is 4.79 Å². The molecule has 120 valence electrons. The fourth-order valence-corrected chi connectivity index (χ4v) is 3.82. The molecule has 3 rings (SSSR count). The van der Waals surface area contributed by atoms with Gasteiger partial charge in [-0.15, -0.1) is 0 Å². The van der Waals surface area contributed by atoms with Crippen molar-refractivity contribution in [3.8, 4) is 0 Å². The molecule has 1 aliphatic carbocycles. The molecule has 2 N–H and O–H groups in total. The summed E-state index contributed by atoms with van der Waals surface area (Å²) in [6.45, 7) is 1.79. The van der Waals surface area contributed by atoms with Crippen LogP contribution in [0.2, 0.25) is 0 Å². The van der Waals surface area contributed by atoms with Crippen LogP contribution in [0.3, 0.4) is 0 Å². The van der Waals surface area contributed by atoms with Crippen molar-refractivity contribution in [1.82, 2.24) is 10.6 Å². The van der Waals surface area contributed by atoms with Gasteiger partial charge in [-0.2, -0.15) is 0 Å². The van der Waals surface area contributed by atoms with Crippen LogP contribution in [0.5, 0.6) is 0 Å². The topological polar surface area (TPSA) is 41.1 Å². The maximum atomic E-state index is 14.2. The Hall–Kier alpha value is -1.42. The molecule has 0 aromatic heterocycles. The van der Waals surface area contributed by atoms with Gasteiger partial charge >= 0.3 is 0 Å². The summed E-state index contributed by atoms with van der Waals surface area (Å²) in [6.07, 6.45) is 6.26. The summed E-state index contributed by atoms with van der Waals surface area (Å²) in [4.78, 5) is 12.6. The highest BCUT2D eigenvalue weighted by Gasteiger charge is 2.31. The van der Waals surface area contributed by atoms with E-state index in [0.717, 1.165) is 38.8 Å². The molecule has 22 heavy (non-hydrogen) atoms. The summed E-state index contributed by atoms with van der Waals surface area (Å²) < 4.78 is 14.2. The van der Waals surface area contributed by atoms with Crippen LogP contribution in [0.1, 0.15) is 50.1 Å². The van der Waals surface area contributed by atoms with Gasteiger partial charge in [-0.25, -0.2) is 4.39 Å². The van der Waals surface area contributed by atoms with Gasteiger partial charge in [0.15, 0.2) is 0 Å². The second-order valence-electron chi connectivity index (χ2n) is 6.58. The summed E-state index contributed by atoms with van der Waals surface area (Å²) in [5.74, 6) is 0.325. The number of benzene rings is 1. The molecule has 0 spiro atoms. The van der Waals surface area contributed by atoms with Gasteiger partial charge in [0, 0.05) is 11.5 Å². The highest BCUT2D eigenvalue weighted by Crippen LogP contribution is 2.37. The van der Waals surface area contributed by atoms with Crippen LogP contribution in [0, 0.1) is 17.7 Å². The van der Waals surface area contributed by atoms with Crippen LogP contribution in [0.15, 0.2) is 24.3 Å². The van der Waals surface area contributed by atoms with Crippen molar-refractivity contribution in [2.75, 3.05) is 13.1 Å². The average Bonchev–Trinajstić information content (AvgIpc) is 3.08. The Kier molecular flexibility index (Phi) is 5.08. The quantitative estimate of drug-likeness (QED) is 0.897. The summed E-state index contributed by atoms with van der Waals surface area (Å²) in [7, 11) is 0. The lowest BCUT2D eigenvalue weighted by Crippen LogP contribution is -2.41. The van der Waals surface area contributed by atoms with Crippen molar-refractivity contribution in [2.24, 2.45) is 11.8 Å². The molecule has 1 heterocycles. The highest BCUT2D eigenvalue weighted by molar-refractivity contribution is 5.79. The van der Waals surface area contributed by atoms with Gasteiger partial charge in [0.05, 0.1) is 6.04 Å². The molecule has 1 amide bonds. The lowest BCUT2D eigenvalue weighted by Gasteiger charge is -2.29. The number of rotatable bonds is 4. The van der Waals surface area contributed by atoms with Crippen molar-refractivity contribution in [3.05, 3.63) is 35.6 Å². The fourth-order valence-electron chi connectivity index (χ4n) is 3.82. The zero-order chi connectivity index (χ0) is 15.4. The van der Waals surface area contributed by atoms with Crippen molar-refractivity contribution in [2.45, 2.75) is 44.6 Å². The van der Waals surface area contributed by atoms with Crippen molar-refractivity contribution < 1.29 is 9.18 Å². The fraction of sp³-hybridized carbons (Fsp3) is 0.611. The van der Waals surface area contributed by atoms with Crippen molar-refractivity contribution >= 4 is 5.91 Å². The lowest BCUT2D eigenvalue weighted by molar-refractivity contribution is -0.126. The Bertz CT molecular complexity index is 508. The summed E-state index contributed by atoms with van der Waals surface area (Å²) >= 11 is 0. The smallest absolute Gasteiger partial charge is 0.223 e. The molecule has 1 aromatic carbocycles. The molecule has 2 fully saturated rings. The first-order valence-electron chi connectivity index (χ1n) is 8.51. The standard InChI is InChI=1S/C18H25FN2O/c19-16-8-4-3-7-15(16)17(13-5-1-2-6-13)21-18(22)14-9-11-20-12-10-14/h3-4,7-8,13-14,17,20H,1-2,5-6,9-12H2,(H,21,22). The minimum Gasteiger partial charge on any atom is -0.349 e. The number of nitrogens with one attached hydrogen (secondary N) is 2. The third-order valence-electron chi connectivity index (χ3n) is 5.12. The molecule has 1 aliphatic heterocycles. The Labute approximate surface area is 131 Å². The van der Waals surface area contributed by atoms with E-state index in [9.17, 15) is 9.18 Å². The molecule has 2 aliphatic rings. The van der Waals surface area contributed by atoms with Gasteiger partial charge in [-0.05, 0) is 50.8 Å². The zero-order valence-electron chi connectivity index (χ0n) is 13.0. The molecular weight excluding hydrogens is 279 g/mol. The second-order valence-corrected chi connectivity index (χ2v) is 6.58. The predicted octanol–water partition coefficient (Wildman–Crippen LogP) is 3.17. The first kappa shape index (κ1) is 15.5. The van der Waals surface area contributed by atoms with Gasteiger partial charge in [-0.1, -0.05) is 31.0 Å². The van der Waals surface area contributed by atoms with E-state index >= 15 is 0 Å². The monoisotopic (exact) mass is 304 g/mol. The first-order valence-corrected chi connectivity index (χ1v) is 8.51. The van der Waals surface area contributed by atoms with Crippen molar-refractivity contribution in [1.29, 1.82) is 0 Å². The molecule has 0 radical (unpaired) electrons. The molecule has 3 nitrogen and oxygen atoms in total. The number of hydrogen-bond donors (Lipinski definition) is 2. The average molecular weight is 304 g/mol. The number of amides is 1. The van der Waals surface area contributed by atoms with Crippen LogP contribution in [0.25, 0.3) is 0 Å². The molecule has 1 aromatic rings. The zero-order valence-corrected chi connectivity index (χ0v) is 13.0. The van der Waals surface area contributed by atoms with E-state index < -0.39 is 0 Å². The lowest BCUT2D eigenvalue weighted by atomic mass is 9.89. The Morgan fingerprint density at radius 2 is 1.82 bits per heavy atom. The van der Waals surface area contributed by atoms with Gasteiger partial charge in [0.25, 0.3) is 0 Å². The summed E-state index contributed by atoms with van der Waals surface area (Å²) in [5, 5.41) is 6.46. The van der Waals surface area contributed by atoms with E-state index in [0.29, 0.717) is 11.5 Å². The third kappa shape index (κ3) is 3.49. The van der Waals surface area contributed by atoms with Crippen LogP contribution >= 0.6 is 0 Å². The van der Waals surface area contributed by atoms with E-state index in [1.165, 1.54) is 18.9 Å². The van der Waals surface area contributed by atoms with Crippen LogP contribution < -0.4 is 10.6 Å². The minimum absolute atomic E-state index is 0.0666. The summed E-state index contributed by atoms with van der Waals surface area (Å²) in [6, 6.07) is 6.71. The minimum atomic E-state index is -0.204. The number of hydrogen-bond acceptors (Lipinski definition) is 2. The number of carbonyl (C=O) groups excluding carboxylic acids is 1. The van der Waals surface area contributed by atoms with E-state index in [2.05, 4.69) is 10.6 Å². The van der Waals surface area contributed by atoms with E-state index in [1.807, 2.05) is 12.1 Å². The first-order chi connectivity index (χ1) is 10.8. The molecule has 4 heteroatoms. The molecule has 1 atom stereocenters. The maximum absolute atomic E-state index is 14.2. The largest absolute Gasteiger partial charge is 0.349 e. The highest BCUT2D eigenvalue weighted by atomic mass is 19.1. The van der Waals surface area contributed by atoms with Crippen LogP contribution in [-0.4, -0.2) is 19.0 Å². The van der Waals surface area contributed by atoms with E-state index in [-0.39, 0.29) is 23.7 Å². The molecular formula is C18H25FN2O. The van der Waals surface area contributed by atoms with Gasteiger partial charge in [0.1, 0.15) is 5.82 Å². The third-order valence-corrected chi connectivity index (χ3v) is 5.12. The predicted molar refractivity (Wildman–Crippen MR) is 84.8 cm³/mol. The van der Waals surface area contributed by atoms with E-state index in [1.54, 1.807) is 6.07 Å². The van der Waals surface area contributed by atoms with E-state index in [4.69, 9.17) is 0 Å². The molecule has 1 unspecified atom stereocenters. The number of halogens is 1. The number of carbonyl (C=O) groups is 1. The maximum Gasteiger partial charge on any atom is 0.223 e. The van der Waals surface area contributed by atoms with Crippen LogP contribution in [0.4, 0.5) is 4.39 Å². The Balaban J connectivity index is 1.76. The second kappa shape index (κ2) is 7.23. The van der Waals surface area contributed by atoms with Crippen molar-refractivity contribution in [3.63, 3.8) is 0 Å². The van der Waals surface area contributed by atoms with Gasteiger partial charge in [-0.3, -0.25) is 4.79 Å². The molecule has 0 bridgehead atoms. The Morgan fingerprint density at radius 1 is 1.14 bits per heavy atom. The molecule has 1 saturated heterocycles. The van der Waals surface area contributed by atoms with Gasteiger partial charge in [0.2, 0.25) is 5.91 Å². The molecule has 1 saturated carbocycles. The normalized spacial score (nSPS) is 21.7. The Morgan fingerprint density at radius 3 is 2.50 bits per heavy atom. The SMILES string of the molecule is O=C(NC(c1ccccc1F)C1CCCC1)C1CCNCC1. The summed E-state index contributed by atoms with van der Waals surface area (Å²) in [5.41, 5.74) is 0.650. The number of piperidine rings is 1.